The molecular weight excluding hydrogens is 210 g/mol. The number of benzene rings is 1. The molecule has 0 aliphatic rings. The number of rotatable bonds is 3. The maximum atomic E-state index is 5.61. The number of anilines is 2. The Morgan fingerprint density at radius 1 is 1.12 bits per heavy atom. The molecule has 0 aliphatic carbocycles. The van der Waals surface area contributed by atoms with E-state index in [0.29, 0.717) is 5.69 Å². The number of nitrogens with zero attached hydrogens (tertiary/aromatic N) is 2. The summed E-state index contributed by atoms with van der Waals surface area (Å²) in [6, 6.07) is 12.3. The quantitative estimate of drug-likeness (QED) is 0.876. The van der Waals surface area contributed by atoms with Crippen molar-refractivity contribution in [2.45, 2.75) is 13.5 Å². The van der Waals surface area contributed by atoms with Crippen molar-refractivity contribution in [1.82, 2.24) is 4.98 Å². The zero-order chi connectivity index (χ0) is 12.3. The Hall–Kier alpha value is -2.03. The third-order valence-corrected chi connectivity index (χ3v) is 2.72. The molecule has 2 rings (SSSR count). The summed E-state index contributed by atoms with van der Waals surface area (Å²) in [5.41, 5.74) is 9.79. The van der Waals surface area contributed by atoms with Gasteiger partial charge in [0.15, 0.2) is 0 Å². The molecule has 3 heteroatoms. The Balaban J connectivity index is 2.08. The van der Waals surface area contributed by atoms with E-state index in [4.69, 9.17) is 5.73 Å². The van der Waals surface area contributed by atoms with Gasteiger partial charge in [-0.3, -0.25) is 4.98 Å². The summed E-state index contributed by atoms with van der Waals surface area (Å²) < 4.78 is 0. The highest BCUT2D eigenvalue weighted by Gasteiger charge is 2.02. The van der Waals surface area contributed by atoms with Gasteiger partial charge in [0.25, 0.3) is 0 Å². The third kappa shape index (κ3) is 2.97. The summed E-state index contributed by atoms with van der Waals surface area (Å²) >= 11 is 0. The van der Waals surface area contributed by atoms with Crippen LogP contribution in [0.2, 0.25) is 0 Å². The average Bonchev–Trinajstić information content (AvgIpc) is 2.33. The summed E-state index contributed by atoms with van der Waals surface area (Å²) in [5.74, 6) is 0. The number of nitrogen functional groups attached to an aromatic ring is 1. The number of aryl methyl sites for hydroxylation is 1. The fourth-order valence-corrected chi connectivity index (χ4v) is 1.66. The summed E-state index contributed by atoms with van der Waals surface area (Å²) in [6.45, 7) is 2.87. The Labute approximate surface area is 102 Å². The standard InChI is InChI=1S/C14H17N3/c1-11-3-7-14(8-4-11)17(2)10-13-6-5-12(15)9-16-13/h3-9H,10,15H2,1-2H3. The molecule has 0 aliphatic heterocycles. The van der Waals surface area contributed by atoms with E-state index in [1.807, 2.05) is 12.1 Å². The molecule has 0 spiro atoms. The highest BCUT2D eigenvalue weighted by molar-refractivity contribution is 5.47. The lowest BCUT2D eigenvalue weighted by Crippen LogP contribution is -2.17. The van der Waals surface area contributed by atoms with Gasteiger partial charge in [-0.1, -0.05) is 17.7 Å². The minimum Gasteiger partial charge on any atom is -0.397 e. The molecule has 88 valence electrons. The van der Waals surface area contributed by atoms with Crippen LogP contribution in [0.15, 0.2) is 42.6 Å². The number of pyridine rings is 1. The molecule has 2 aromatic rings. The maximum absolute atomic E-state index is 5.61. The molecule has 1 heterocycles. The van der Waals surface area contributed by atoms with Crippen molar-refractivity contribution in [2.24, 2.45) is 0 Å². The number of hydrogen-bond acceptors (Lipinski definition) is 3. The first-order valence-corrected chi connectivity index (χ1v) is 5.63. The van der Waals surface area contributed by atoms with Crippen LogP contribution in [0.4, 0.5) is 11.4 Å². The highest BCUT2D eigenvalue weighted by Crippen LogP contribution is 2.15. The molecule has 17 heavy (non-hydrogen) atoms. The van der Waals surface area contributed by atoms with Crippen molar-refractivity contribution in [3.05, 3.63) is 53.9 Å². The molecule has 2 N–H and O–H groups in total. The lowest BCUT2D eigenvalue weighted by molar-refractivity contribution is 0.885. The van der Waals surface area contributed by atoms with Gasteiger partial charge in [0.2, 0.25) is 0 Å². The van der Waals surface area contributed by atoms with Crippen LogP contribution in [0, 0.1) is 6.92 Å². The minimum absolute atomic E-state index is 0.701. The molecule has 0 unspecified atom stereocenters. The van der Waals surface area contributed by atoms with Crippen LogP contribution < -0.4 is 10.6 Å². The van der Waals surface area contributed by atoms with E-state index in [1.165, 1.54) is 11.3 Å². The summed E-state index contributed by atoms with van der Waals surface area (Å²) in [7, 11) is 2.06. The second kappa shape index (κ2) is 4.87. The van der Waals surface area contributed by atoms with E-state index < -0.39 is 0 Å². The van der Waals surface area contributed by atoms with Crippen molar-refractivity contribution >= 4 is 11.4 Å². The van der Waals surface area contributed by atoms with Crippen LogP contribution in [0.3, 0.4) is 0 Å². The van der Waals surface area contributed by atoms with E-state index in [9.17, 15) is 0 Å². The molecule has 3 nitrogen and oxygen atoms in total. The molecule has 0 fully saturated rings. The Bertz CT molecular complexity index is 474. The van der Waals surface area contributed by atoms with Crippen molar-refractivity contribution in [1.29, 1.82) is 0 Å². The first-order valence-electron chi connectivity index (χ1n) is 5.63. The normalized spacial score (nSPS) is 10.2. The predicted octanol–water partition coefficient (Wildman–Crippen LogP) is 2.61. The maximum Gasteiger partial charge on any atom is 0.0598 e. The topological polar surface area (TPSA) is 42.1 Å². The zero-order valence-electron chi connectivity index (χ0n) is 10.2. The molecule has 1 aromatic heterocycles. The molecule has 0 saturated carbocycles. The van der Waals surface area contributed by atoms with Gasteiger partial charge in [0.05, 0.1) is 24.1 Å². The molecule has 0 saturated heterocycles. The van der Waals surface area contributed by atoms with E-state index in [-0.39, 0.29) is 0 Å². The van der Waals surface area contributed by atoms with Gasteiger partial charge >= 0.3 is 0 Å². The van der Waals surface area contributed by atoms with Crippen LogP contribution in [-0.4, -0.2) is 12.0 Å². The van der Waals surface area contributed by atoms with Crippen molar-refractivity contribution in [3.8, 4) is 0 Å². The molecule has 0 atom stereocenters. The number of hydrogen-bond donors (Lipinski definition) is 1. The third-order valence-electron chi connectivity index (χ3n) is 2.72. The fourth-order valence-electron chi connectivity index (χ4n) is 1.66. The first kappa shape index (κ1) is 11.5. The van der Waals surface area contributed by atoms with Gasteiger partial charge in [-0.25, -0.2) is 0 Å². The average molecular weight is 227 g/mol. The van der Waals surface area contributed by atoms with Gasteiger partial charge in [-0.15, -0.1) is 0 Å². The van der Waals surface area contributed by atoms with Crippen molar-refractivity contribution < 1.29 is 0 Å². The van der Waals surface area contributed by atoms with E-state index in [1.54, 1.807) is 6.20 Å². The Morgan fingerprint density at radius 2 is 1.82 bits per heavy atom. The largest absolute Gasteiger partial charge is 0.397 e. The SMILES string of the molecule is Cc1ccc(N(C)Cc2ccc(N)cn2)cc1. The smallest absolute Gasteiger partial charge is 0.0598 e. The molecule has 1 aromatic carbocycles. The predicted molar refractivity (Wildman–Crippen MR) is 71.9 cm³/mol. The van der Waals surface area contributed by atoms with E-state index in [2.05, 4.69) is 48.1 Å². The zero-order valence-corrected chi connectivity index (χ0v) is 10.2. The van der Waals surface area contributed by atoms with Gasteiger partial charge in [0, 0.05) is 12.7 Å². The monoisotopic (exact) mass is 227 g/mol. The van der Waals surface area contributed by atoms with Crippen LogP contribution in [0.5, 0.6) is 0 Å². The van der Waals surface area contributed by atoms with Crippen LogP contribution in [-0.2, 0) is 6.54 Å². The molecule has 0 amide bonds. The molecule has 0 bridgehead atoms. The lowest BCUT2D eigenvalue weighted by atomic mass is 10.2. The first-order chi connectivity index (χ1) is 8.15. The second-order valence-corrected chi connectivity index (χ2v) is 4.27. The summed E-state index contributed by atoms with van der Waals surface area (Å²) in [5, 5.41) is 0. The molecular formula is C14H17N3. The molecule has 0 radical (unpaired) electrons. The van der Waals surface area contributed by atoms with Gasteiger partial charge in [-0.05, 0) is 31.2 Å². The lowest BCUT2D eigenvalue weighted by Gasteiger charge is -2.19. The van der Waals surface area contributed by atoms with Gasteiger partial charge < -0.3 is 10.6 Å². The van der Waals surface area contributed by atoms with Crippen LogP contribution >= 0.6 is 0 Å². The summed E-state index contributed by atoms with van der Waals surface area (Å²) in [4.78, 5) is 6.46. The second-order valence-electron chi connectivity index (χ2n) is 4.27. The Kier molecular flexibility index (Phi) is 3.28. The van der Waals surface area contributed by atoms with Crippen molar-refractivity contribution in [2.75, 3.05) is 17.7 Å². The fraction of sp³-hybridized carbons (Fsp3) is 0.214. The summed E-state index contributed by atoms with van der Waals surface area (Å²) in [6.07, 6.45) is 1.69. The highest BCUT2D eigenvalue weighted by atomic mass is 15.1. The van der Waals surface area contributed by atoms with Crippen molar-refractivity contribution in [3.63, 3.8) is 0 Å². The minimum atomic E-state index is 0.701. The van der Waals surface area contributed by atoms with Gasteiger partial charge in [-0.2, -0.15) is 0 Å². The number of nitrogens with two attached hydrogens (primary N) is 1. The van der Waals surface area contributed by atoms with Gasteiger partial charge in [0.1, 0.15) is 0 Å². The Morgan fingerprint density at radius 3 is 2.41 bits per heavy atom. The van der Waals surface area contributed by atoms with E-state index >= 15 is 0 Å². The van der Waals surface area contributed by atoms with Crippen LogP contribution in [0.1, 0.15) is 11.3 Å². The number of aromatic nitrogens is 1. The van der Waals surface area contributed by atoms with Crippen LogP contribution in [0.25, 0.3) is 0 Å². The van der Waals surface area contributed by atoms with E-state index in [0.717, 1.165) is 12.2 Å².